The third-order valence-electron chi connectivity index (χ3n) is 3.89. The number of nitrogens with zero attached hydrogens (tertiary/aromatic N) is 1. The summed E-state index contributed by atoms with van der Waals surface area (Å²) in [6.07, 6.45) is 8.29. The first-order valence-corrected chi connectivity index (χ1v) is 7.25. The molecule has 1 fully saturated rings. The summed E-state index contributed by atoms with van der Waals surface area (Å²) in [5.74, 6) is 0. The van der Waals surface area contributed by atoms with Gasteiger partial charge in [-0.2, -0.15) is 0 Å². The lowest BCUT2D eigenvalue weighted by Crippen LogP contribution is -2.43. The molecule has 96 valence electrons. The Balaban J connectivity index is 2.17. The van der Waals surface area contributed by atoms with E-state index < -0.39 is 0 Å². The van der Waals surface area contributed by atoms with Gasteiger partial charge in [0, 0.05) is 18.6 Å². The Labute approximate surface area is 102 Å². The van der Waals surface area contributed by atoms with Crippen LogP contribution in [-0.2, 0) is 0 Å². The third-order valence-corrected chi connectivity index (χ3v) is 3.89. The van der Waals surface area contributed by atoms with Gasteiger partial charge in [0.25, 0.3) is 0 Å². The molecule has 0 bridgehead atoms. The van der Waals surface area contributed by atoms with Crippen molar-refractivity contribution in [2.45, 2.75) is 71.4 Å². The van der Waals surface area contributed by atoms with Crippen LogP contribution in [-0.4, -0.2) is 36.6 Å². The lowest BCUT2D eigenvalue weighted by atomic mass is 10.2. The summed E-state index contributed by atoms with van der Waals surface area (Å²) >= 11 is 0. The van der Waals surface area contributed by atoms with Crippen LogP contribution in [0, 0.1) is 0 Å². The topological polar surface area (TPSA) is 15.3 Å². The molecule has 1 unspecified atom stereocenters. The standard InChI is InChI=1S/C14H30N2/c1-4-6-11-16(5-2)13(3)12-15-14-9-7-8-10-14/h13-15H,4-12H2,1-3H3. The molecule has 16 heavy (non-hydrogen) atoms. The van der Waals surface area contributed by atoms with Crippen molar-refractivity contribution in [3.63, 3.8) is 0 Å². The van der Waals surface area contributed by atoms with Crippen LogP contribution in [0.3, 0.4) is 0 Å². The van der Waals surface area contributed by atoms with E-state index in [1.807, 2.05) is 0 Å². The minimum Gasteiger partial charge on any atom is -0.312 e. The number of rotatable bonds is 8. The first-order chi connectivity index (χ1) is 7.77. The van der Waals surface area contributed by atoms with E-state index in [-0.39, 0.29) is 0 Å². The lowest BCUT2D eigenvalue weighted by Gasteiger charge is -2.29. The molecular formula is C14H30N2. The van der Waals surface area contributed by atoms with Crippen LogP contribution in [0.15, 0.2) is 0 Å². The Morgan fingerprint density at radius 2 is 1.94 bits per heavy atom. The number of unbranched alkanes of at least 4 members (excludes halogenated alkanes) is 1. The van der Waals surface area contributed by atoms with Gasteiger partial charge in [0.1, 0.15) is 0 Å². The smallest absolute Gasteiger partial charge is 0.0192 e. The highest BCUT2D eigenvalue weighted by molar-refractivity contribution is 4.77. The Bertz CT molecular complexity index is 164. The average Bonchev–Trinajstić information content (AvgIpc) is 2.80. The summed E-state index contributed by atoms with van der Waals surface area (Å²) in [6.45, 7) is 10.5. The molecule has 2 heteroatoms. The molecule has 0 amide bonds. The summed E-state index contributed by atoms with van der Waals surface area (Å²) in [4.78, 5) is 2.60. The van der Waals surface area contributed by atoms with Crippen LogP contribution < -0.4 is 5.32 Å². The zero-order valence-corrected chi connectivity index (χ0v) is 11.5. The molecule has 2 nitrogen and oxygen atoms in total. The van der Waals surface area contributed by atoms with Gasteiger partial charge in [0.15, 0.2) is 0 Å². The molecule has 1 N–H and O–H groups in total. The van der Waals surface area contributed by atoms with Gasteiger partial charge in [0.05, 0.1) is 0 Å². The van der Waals surface area contributed by atoms with Crippen molar-refractivity contribution in [2.24, 2.45) is 0 Å². The molecule has 1 saturated carbocycles. The van der Waals surface area contributed by atoms with Crippen molar-refractivity contribution >= 4 is 0 Å². The van der Waals surface area contributed by atoms with Crippen LogP contribution in [0.25, 0.3) is 0 Å². The summed E-state index contributed by atoms with van der Waals surface area (Å²) in [7, 11) is 0. The minimum atomic E-state index is 0.692. The molecule has 1 aliphatic carbocycles. The number of hydrogen-bond donors (Lipinski definition) is 1. The zero-order chi connectivity index (χ0) is 11.8. The van der Waals surface area contributed by atoms with Crippen LogP contribution in [0.5, 0.6) is 0 Å². The van der Waals surface area contributed by atoms with Gasteiger partial charge in [0.2, 0.25) is 0 Å². The first-order valence-electron chi connectivity index (χ1n) is 7.25. The zero-order valence-electron chi connectivity index (χ0n) is 11.5. The third kappa shape index (κ3) is 4.84. The van der Waals surface area contributed by atoms with Gasteiger partial charge in [-0.05, 0) is 39.3 Å². The molecule has 0 radical (unpaired) electrons. The van der Waals surface area contributed by atoms with Crippen LogP contribution in [0.2, 0.25) is 0 Å². The van der Waals surface area contributed by atoms with Crippen LogP contribution >= 0.6 is 0 Å². The maximum absolute atomic E-state index is 3.73. The van der Waals surface area contributed by atoms with Crippen molar-refractivity contribution in [2.75, 3.05) is 19.6 Å². The summed E-state index contributed by atoms with van der Waals surface area (Å²) in [5, 5.41) is 3.73. The van der Waals surface area contributed by atoms with E-state index in [2.05, 4.69) is 31.0 Å². The van der Waals surface area contributed by atoms with Crippen molar-refractivity contribution < 1.29 is 0 Å². The van der Waals surface area contributed by atoms with Crippen molar-refractivity contribution in [3.8, 4) is 0 Å². The molecular weight excluding hydrogens is 196 g/mol. The van der Waals surface area contributed by atoms with Crippen LogP contribution in [0.1, 0.15) is 59.3 Å². The van der Waals surface area contributed by atoms with Gasteiger partial charge >= 0.3 is 0 Å². The summed E-state index contributed by atoms with van der Waals surface area (Å²) < 4.78 is 0. The monoisotopic (exact) mass is 226 g/mol. The average molecular weight is 226 g/mol. The van der Waals surface area contributed by atoms with E-state index in [1.54, 1.807) is 0 Å². The predicted octanol–water partition coefficient (Wildman–Crippen LogP) is 3.03. The molecule has 0 spiro atoms. The maximum Gasteiger partial charge on any atom is 0.0192 e. The highest BCUT2D eigenvalue weighted by Gasteiger charge is 2.17. The van der Waals surface area contributed by atoms with Crippen molar-refractivity contribution in [3.05, 3.63) is 0 Å². The first kappa shape index (κ1) is 14.0. The SMILES string of the molecule is CCCCN(CC)C(C)CNC1CCCC1. The Morgan fingerprint density at radius 3 is 2.50 bits per heavy atom. The number of hydrogen-bond acceptors (Lipinski definition) is 2. The molecule has 1 rings (SSSR count). The lowest BCUT2D eigenvalue weighted by molar-refractivity contribution is 0.207. The Morgan fingerprint density at radius 1 is 1.25 bits per heavy atom. The molecule has 0 aromatic rings. The second kappa shape index (κ2) is 8.08. The second-order valence-electron chi connectivity index (χ2n) is 5.22. The fourth-order valence-corrected chi connectivity index (χ4v) is 2.65. The van der Waals surface area contributed by atoms with Crippen LogP contribution in [0.4, 0.5) is 0 Å². The van der Waals surface area contributed by atoms with E-state index in [0.717, 1.165) is 6.04 Å². The second-order valence-corrected chi connectivity index (χ2v) is 5.22. The highest BCUT2D eigenvalue weighted by Crippen LogP contribution is 2.17. The predicted molar refractivity (Wildman–Crippen MR) is 71.9 cm³/mol. The summed E-state index contributed by atoms with van der Waals surface area (Å²) in [5.41, 5.74) is 0. The molecule has 1 aliphatic rings. The van der Waals surface area contributed by atoms with E-state index in [1.165, 1.54) is 58.2 Å². The number of likely N-dealkylation sites (N-methyl/N-ethyl adjacent to an activating group) is 1. The quantitative estimate of drug-likeness (QED) is 0.684. The minimum absolute atomic E-state index is 0.692. The fraction of sp³-hybridized carbons (Fsp3) is 1.00. The fourth-order valence-electron chi connectivity index (χ4n) is 2.65. The van der Waals surface area contributed by atoms with Gasteiger partial charge < -0.3 is 5.32 Å². The van der Waals surface area contributed by atoms with E-state index in [0.29, 0.717) is 6.04 Å². The van der Waals surface area contributed by atoms with Gasteiger partial charge in [-0.25, -0.2) is 0 Å². The Kier molecular flexibility index (Phi) is 7.06. The van der Waals surface area contributed by atoms with Crippen molar-refractivity contribution in [1.29, 1.82) is 0 Å². The molecule has 0 aromatic heterocycles. The van der Waals surface area contributed by atoms with E-state index in [4.69, 9.17) is 0 Å². The largest absolute Gasteiger partial charge is 0.312 e. The summed E-state index contributed by atoms with van der Waals surface area (Å²) in [6, 6.07) is 1.50. The Hall–Kier alpha value is -0.0800. The molecule has 0 heterocycles. The van der Waals surface area contributed by atoms with Gasteiger partial charge in [-0.1, -0.05) is 33.1 Å². The molecule has 0 aliphatic heterocycles. The van der Waals surface area contributed by atoms with E-state index in [9.17, 15) is 0 Å². The highest BCUT2D eigenvalue weighted by atomic mass is 15.2. The van der Waals surface area contributed by atoms with E-state index >= 15 is 0 Å². The van der Waals surface area contributed by atoms with Crippen molar-refractivity contribution in [1.82, 2.24) is 10.2 Å². The normalized spacial score (nSPS) is 19.5. The maximum atomic E-state index is 3.73. The molecule has 0 aromatic carbocycles. The van der Waals surface area contributed by atoms with Gasteiger partial charge in [-0.3, -0.25) is 4.90 Å². The number of nitrogens with one attached hydrogen (secondary N) is 1. The van der Waals surface area contributed by atoms with Gasteiger partial charge in [-0.15, -0.1) is 0 Å². The molecule has 1 atom stereocenters. The molecule has 0 saturated heterocycles.